The highest BCUT2D eigenvalue weighted by Crippen LogP contribution is 2.51. The maximum atomic E-state index is 15.8. The van der Waals surface area contributed by atoms with Gasteiger partial charge in [-0.3, -0.25) is 23.4 Å². The lowest BCUT2D eigenvalue weighted by molar-refractivity contribution is -0.0538. The normalized spacial score (nSPS) is 30.3. The van der Waals surface area contributed by atoms with Crippen molar-refractivity contribution >= 4 is 82.8 Å². The van der Waals surface area contributed by atoms with E-state index in [1.54, 1.807) is 0 Å². The first-order chi connectivity index (χ1) is 21.4. The van der Waals surface area contributed by atoms with Gasteiger partial charge in [0.2, 0.25) is 17.8 Å². The van der Waals surface area contributed by atoms with Crippen LogP contribution in [0.5, 0.6) is 0 Å². The maximum absolute atomic E-state index is 15.8. The topological polar surface area (TPSA) is 246 Å². The molecule has 45 heavy (non-hydrogen) atoms. The van der Waals surface area contributed by atoms with Crippen LogP contribution in [0.2, 0.25) is 0 Å². The standard InChI is InChI=1S/C20H22F2N10O8P2S3/c21-8-6(1-33)37-19(32-5-28-11-16(32)29-20(24)30-17(11)34)13(8)40-42(35,45)36-2-7-12(39-41(43)44)9(22)18(38-7)31-4-27-10-14(23)25-3-26-15(10)31/h3-9,12-13,18-19,33H,1-2H2,(H6-,23,24,25,26,29,30,34,35,43,44,45)/p+1/t6-,7-,8-,9+,12-,13-,18-,19-,42?/m1/s1. The largest absolute Gasteiger partial charge is 0.411 e. The van der Waals surface area contributed by atoms with Gasteiger partial charge in [0.15, 0.2) is 53.5 Å². The number of aliphatic hydroxyl groups is 1. The van der Waals surface area contributed by atoms with Gasteiger partial charge in [0, 0.05) is 0 Å². The van der Waals surface area contributed by atoms with Crippen molar-refractivity contribution in [1.82, 2.24) is 39.0 Å². The number of aromatic nitrogens is 8. The van der Waals surface area contributed by atoms with Gasteiger partial charge in [0.05, 0.1) is 25.9 Å². The first-order valence-corrected chi connectivity index (χ1v) is 18.7. The van der Waals surface area contributed by atoms with Crippen LogP contribution < -0.4 is 17.0 Å². The molecule has 25 heteroatoms. The first-order valence-electron chi connectivity index (χ1n) is 12.7. The van der Waals surface area contributed by atoms with Crippen LogP contribution in [0.4, 0.5) is 20.5 Å². The second-order valence-corrected chi connectivity index (χ2v) is 16.1. The number of imidazole rings is 2. The van der Waals surface area contributed by atoms with E-state index in [0.717, 1.165) is 10.9 Å². The summed E-state index contributed by atoms with van der Waals surface area (Å²) >= 11 is 14.3. The van der Waals surface area contributed by atoms with E-state index in [4.69, 9.17) is 58.1 Å². The summed E-state index contributed by atoms with van der Waals surface area (Å²) in [6.45, 7) is -5.72. The molecule has 2 aliphatic rings. The van der Waals surface area contributed by atoms with Crippen LogP contribution in [-0.4, -0.2) is 99.0 Å². The molecule has 6 heterocycles. The predicted molar refractivity (Wildman–Crippen MR) is 162 cm³/mol. The highest BCUT2D eigenvalue weighted by molar-refractivity contribution is 8.54. The molecule has 6 rings (SSSR count). The number of aliphatic hydroxyl groups excluding tert-OH is 1. The predicted octanol–water partition coefficient (Wildman–Crippen LogP) is 0.295. The molecule has 18 nitrogen and oxygen atoms in total. The van der Waals surface area contributed by atoms with Crippen molar-refractivity contribution in [2.45, 2.75) is 49.2 Å². The molecule has 2 saturated heterocycles. The van der Waals surface area contributed by atoms with Crippen molar-refractivity contribution < 1.29 is 41.8 Å². The Bertz CT molecular complexity index is 1870. The van der Waals surface area contributed by atoms with Crippen LogP contribution >= 0.6 is 25.1 Å². The van der Waals surface area contributed by atoms with Crippen LogP contribution in [0.25, 0.3) is 22.3 Å². The number of nitrogens with zero attached hydrogens (tertiary/aromatic N) is 7. The Labute approximate surface area is 266 Å². The molecule has 2 fully saturated rings. The van der Waals surface area contributed by atoms with Crippen LogP contribution in [0, 0.1) is 0 Å². The maximum Gasteiger partial charge on any atom is 0.411 e. The summed E-state index contributed by atoms with van der Waals surface area (Å²) in [7, 11) is 0. The van der Waals surface area contributed by atoms with Crippen molar-refractivity contribution in [3.05, 3.63) is 29.3 Å². The Morgan fingerprint density at radius 2 is 1.76 bits per heavy atom. The number of rotatable bonds is 10. The van der Waals surface area contributed by atoms with E-state index in [-0.39, 0.29) is 34.1 Å². The molecule has 0 saturated carbocycles. The van der Waals surface area contributed by atoms with E-state index in [1.807, 2.05) is 0 Å². The van der Waals surface area contributed by atoms with Crippen LogP contribution in [0.15, 0.2) is 23.8 Å². The lowest BCUT2D eigenvalue weighted by atomic mass is 10.1. The summed E-state index contributed by atoms with van der Waals surface area (Å²) in [4.78, 5) is 45.6. The van der Waals surface area contributed by atoms with E-state index < -0.39 is 80.8 Å². The van der Waals surface area contributed by atoms with Gasteiger partial charge in [0.25, 0.3) is 5.56 Å². The van der Waals surface area contributed by atoms with Crippen molar-refractivity contribution in [2.75, 3.05) is 24.7 Å². The van der Waals surface area contributed by atoms with Crippen LogP contribution in [0.1, 0.15) is 12.5 Å². The number of alkyl halides is 2. The van der Waals surface area contributed by atoms with E-state index in [0.29, 0.717) is 0 Å². The van der Waals surface area contributed by atoms with Gasteiger partial charge in [0.1, 0.15) is 42.4 Å². The monoisotopic (exact) mass is 727 g/mol. The van der Waals surface area contributed by atoms with Crippen molar-refractivity contribution in [2.24, 2.45) is 0 Å². The molecule has 0 aliphatic carbocycles. The summed E-state index contributed by atoms with van der Waals surface area (Å²) in [5.41, 5.74) is 11.0. The fourth-order valence-electron chi connectivity index (χ4n) is 5.00. The number of hydrogen-bond donors (Lipinski definition) is 6. The fraction of sp³-hybridized carbons (Fsp3) is 0.500. The molecule has 4 aromatic heterocycles. The van der Waals surface area contributed by atoms with Gasteiger partial charge in [-0.25, -0.2) is 28.7 Å². The molecule has 0 radical (unpaired) electrons. The molecule has 0 bridgehead atoms. The minimum atomic E-state index is -4.36. The highest BCUT2D eigenvalue weighted by Gasteiger charge is 2.53. The summed E-state index contributed by atoms with van der Waals surface area (Å²) < 4.78 is 61.7. The second-order valence-electron chi connectivity index (χ2n) is 9.70. The third kappa shape index (κ3) is 6.20. The molecule has 7 N–H and O–H groups in total. The lowest BCUT2D eigenvalue weighted by Gasteiger charge is -2.26. The number of H-pyrrole nitrogens is 1. The SMILES string of the molecule is Nc1nc2c(ncn2[C@@H]2O[C@H](CO)[C@@H](F)[C@H]2OP(O)(=S)OC[C@H]2O[C@@H](n3cnc4c(N)ncnc43)[C@@H](F)[C@@H]2O[P+](=S)S)c(=O)[nH]1. The number of hydrogen-bond acceptors (Lipinski definition) is 16. The zero-order chi connectivity index (χ0) is 32.2. The minimum absolute atomic E-state index is 0.0703. The third-order valence-corrected chi connectivity index (χ3v) is 9.49. The molecule has 242 valence electrons. The average molecular weight is 728 g/mol. The molecule has 0 amide bonds. The number of thiol groups is 1. The van der Waals surface area contributed by atoms with E-state index in [1.165, 1.54) is 17.2 Å². The number of aromatic amines is 1. The number of halogens is 2. The smallest absolute Gasteiger partial charge is 0.394 e. The summed E-state index contributed by atoms with van der Waals surface area (Å²) in [5, 5.41) is 9.68. The second kappa shape index (κ2) is 12.7. The first kappa shape index (κ1) is 32.5. The molecule has 4 aromatic rings. The summed E-state index contributed by atoms with van der Waals surface area (Å²) in [5.74, 6) is -0.182. The van der Waals surface area contributed by atoms with Gasteiger partial charge in [-0.15, -0.1) is 4.52 Å². The molecule has 0 spiro atoms. The molecule has 2 unspecified atom stereocenters. The number of nitrogens with one attached hydrogen (secondary N) is 1. The summed E-state index contributed by atoms with van der Waals surface area (Å²) in [6.07, 6.45) is -10.6. The molecule has 0 aromatic carbocycles. The molecule has 10 atom stereocenters. The number of fused-ring (bicyclic) bond motifs is 2. The van der Waals surface area contributed by atoms with E-state index >= 15 is 8.78 Å². The number of nitrogens with two attached hydrogens (primary N) is 2. The van der Waals surface area contributed by atoms with Crippen molar-refractivity contribution in [1.29, 1.82) is 0 Å². The third-order valence-electron chi connectivity index (χ3n) is 6.97. The number of anilines is 2. The number of nitrogen functional groups attached to an aromatic ring is 2. The zero-order valence-corrected chi connectivity index (χ0v) is 26.6. The van der Waals surface area contributed by atoms with Crippen LogP contribution in [-0.2, 0) is 46.7 Å². The zero-order valence-electron chi connectivity index (χ0n) is 22.3. The summed E-state index contributed by atoms with van der Waals surface area (Å²) in [6, 6.07) is 0. The van der Waals surface area contributed by atoms with Crippen LogP contribution in [0.3, 0.4) is 0 Å². The van der Waals surface area contributed by atoms with Gasteiger partial charge in [-0.2, -0.15) is 4.98 Å². The number of ether oxygens (including phenoxy) is 2. The Hall–Kier alpha value is -2.40. The van der Waals surface area contributed by atoms with Gasteiger partial charge >= 0.3 is 12.8 Å². The van der Waals surface area contributed by atoms with E-state index in [9.17, 15) is 14.8 Å². The quantitative estimate of drug-likeness (QED) is 0.0950. The Morgan fingerprint density at radius 1 is 1.07 bits per heavy atom. The highest BCUT2D eigenvalue weighted by atomic mass is 32.9. The molecular formula is C20H23F2N10O8P2S3+. The van der Waals surface area contributed by atoms with Gasteiger partial charge in [-0.1, -0.05) is 0 Å². The average Bonchev–Trinajstić information content (AvgIpc) is 3.73. The minimum Gasteiger partial charge on any atom is -0.394 e. The van der Waals surface area contributed by atoms with E-state index in [2.05, 4.69) is 42.2 Å². The van der Waals surface area contributed by atoms with Crippen molar-refractivity contribution in [3.63, 3.8) is 0 Å². The Kier molecular flexibility index (Phi) is 9.15. The fourth-order valence-corrected chi connectivity index (χ4v) is 7.49. The lowest BCUT2D eigenvalue weighted by Crippen LogP contribution is -2.34. The van der Waals surface area contributed by atoms with Crippen molar-refractivity contribution in [3.8, 4) is 0 Å². The Balaban J connectivity index is 1.22. The molecular weight excluding hydrogens is 704 g/mol. The molecule has 2 aliphatic heterocycles. The Morgan fingerprint density at radius 3 is 2.47 bits per heavy atom. The van der Waals surface area contributed by atoms with Gasteiger partial charge in [-0.05, 0) is 11.8 Å². The van der Waals surface area contributed by atoms with Gasteiger partial charge < -0.3 is 35.5 Å².